The third-order valence-electron chi connectivity index (χ3n) is 5.00. The molecule has 1 aliphatic carbocycles. The molecule has 1 amide bonds. The number of nitrogens with two attached hydrogens (primary N) is 2. The summed E-state index contributed by atoms with van der Waals surface area (Å²) < 4.78 is 0. The van der Waals surface area contributed by atoms with Crippen LogP contribution in [-0.4, -0.2) is 23.9 Å². The number of hydrogen-bond acceptors (Lipinski definition) is 3. The minimum absolute atomic E-state index is 0.0665. The predicted molar refractivity (Wildman–Crippen MR) is 81.3 cm³/mol. The van der Waals surface area contributed by atoms with E-state index in [1.54, 1.807) is 18.2 Å². The number of nitrogen functional groups attached to an aromatic ring is 2. The van der Waals surface area contributed by atoms with E-state index in [0.29, 0.717) is 22.4 Å². The Morgan fingerprint density at radius 1 is 0.950 bits per heavy atom. The molecule has 1 saturated carbocycles. The van der Waals surface area contributed by atoms with Gasteiger partial charge in [0, 0.05) is 30.0 Å². The highest BCUT2D eigenvalue weighted by molar-refractivity contribution is 5.96. The summed E-state index contributed by atoms with van der Waals surface area (Å²) >= 11 is 0. The van der Waals surface area contributed by atoms with Crippen molar-refractivity contribution in [3.63, 3.8) is 0 Å². The second kappa shape index (κ2) is 5.00. The molecule has 0 bridgehead atoms. The molecule has 2 fully saturated rings. The van der Waals surface area contributed by atoms with Crippen molar-refractivity contribution in [2.45, 2.75) is 38.5 Å². The lowest BCUT2D eigenvalue weighted by Gasteiger charge is -2.39. The summed E-state index contributed by atoms with van der Waals surface area (Å²) in [5.41, 5.74) is 13.8. The van der Waals surface area contributed by atoms with E-state index < -0.39 is 0 Å². The Balaban J connectivity index is 1.69. The fraction of sp³-hybridized carbons (Fsp3) is 0.562. The number of benzene rings is 1. The van der Waals surface area contributed by atoms with E-state index >= 15 is 0 Å². The number of carbonyl (C=O) groups excluding carboxylic acids is 1. The maximum absolute atomic E-state index is 12.5. The van der Waals surface area contributed by atoms with E-state index in [2.05, 4.69) is 0 Å². The standard InChI is InChI=1S/C16H23N3O/c17-13-9-12(10-14(18)11-13)15(20)19-7-5-16(6-8-19)3-1-2-4-16/h9-11H,1-8,17-18H2. The quantitative estimate of drug-likeness (QED) is 0.773. The average Bonchev–Trinajstić information content (AvgIpc) is 2.86. The van der Waals surface area contributed by atoms with Crippen LogP contribution in [0.5, 0.6) is 0 Å². The predicted octanol–water partition coefficient (Wildman–Crippen LogP) is 2.65. The lowest BCUT2D eigenvalue weighted by atomic mass is 9.77. The van der Waals surface area contributed by atoms with Gasteiger partial charge >= 0.3 is 0 Å². The summed E-state index contributed by atoms with van der Waals surface area (Å²) in [5.74, 6) is 0.0665. The Bertz CT molecular complexity index is 490. The van der Waals surface area contributed by atoms with E-state index in [1.807, 2.05) is 4.90 Å². The number of amides is 1. The molecular formula is C16H23N3O. The Kier molecular flexibility index (Phi) is 3.32. The van der Waals surface area contributed by atoms with E-state index in [0.717, 1.165) is 25.9 Å². The van der Waals surface area contributed by atoms with Gasteiger partial charge in [-0.05, 0) is 49.3 Å². The first kappa shape index (κ1) is 13.3. The number of likely N-dealkylation sites (tertiary alicyclic amines) is 1. The minimum Gasteiger partial charge on any atom is -0.399 e. The molecule has 0 aromatic heterocycles. The number of hydrogen-bond donors (Lipinski definition) is 2. The van der Waals surface area contributed by atoms with E-state index in [4.69, 9.17) is 11.5 Å². The van der Waals surface area contributed by atoms with Crippen molar-refractivity contribution in [1.82, 2.24) is 4.90 Å². The third-order valence-corrected chi connectivity index (χ3v) is 5.00. The van der Waals surface area contributed by atoms with Crippen LogP contribution in [0.4, 0.5) is 11.4 Å². The monoisotopic (exact) mass is 273 g/mol. The van der Waals surface area contributed by atoms with Crippen molar-refractivity contribution in [2.24, 2.45) is 5.41 Å². The largest absolute Gasteiger partial charge is 0.399 e. The zero-order valence-corrected chi connectivity index (χ0v) is 11.9. The number of carbonyl (C=O) groups is 1. The molecule has 4 heteroatoms. The van der Waals surface area contributed by atoms with Gasteiger partial charge in [0.1, 0.15) is 0 Å². The molecule has 1 aromatic carbocycles. The summed E-state index contributed by atoms with van der Waals surface area (Å²) in [5, 5.41) is 0. The van der Waals surface area contributed by atoms with Crippen LogP contribution in [0.25, 0.3) is 0 Å². The van der Waals surface area contributed by atoms with Gasteiger partial charge in [0.15, 0.2) is 0 Å². The molecule has 4 nitrogen and oxygen atoms in total. The SMILES string of the molecule is Nc1cc(N)cc(C(=O)N2CCC3(CCCC3)CC2)c1. The van der Waals surface area contributed by atoms with Crippen LogP contribution < -0.4 is 11.5 Å². The molecule has 1 aliphatic heterocycles. The Hall–Kier alpha value is -1.71. The fourth-order valence-electron chi connectivity index (χ4n) is 3.79. The van der Waals surface area contributed by atoms with Gasteiger partial charge in [0.25, 0.3) is 5.91 Å². The van der Waals surface area contributed by atoms with Crippen LogP contribution in [0.3, 0.4) is 0 Å². The lowest BCUT2D eigenvalue weighted by Crippen LogP contribution is -2.42. The van der Waals surface area contributed by atoms with Crippen molar-refractivity contribution in [2.75, 3.05) is 24.6 Å². The first-order valence-electron chi connectivity index (χ1n) is 7.53. The third kappa shape index (κ3) is 2.47. The molecule has 20 heavy (non-hydrogen) atoms. The average molecular weight is 273 g/mol. The second-order valence-electron chi connectivity index (χ2n) is 6.39. The highest BCUT2D eigenvalue weighted by Crippen LogP contribution is 2.46. The molecule has 0 atom stereocenters. The second-order valence-corrected chi connectivity index (χ2v) is 6.39. The van der Waals surface area contributed by atoms with Gasteiger partial charge in [-0.3, -0.25) is 4.79 Å². The number of nitrogens with zero attached hydrogens (tertiary/aromatic N) is 1. The first-order valence-corrected chi connectivity index (χ1v) is 7.53. The minimum atomic E-state index is 0.0665. The van der Waals surface area contributed by atoms with Gasteiger partial charge in [-0.2, -0.15) is 0 Å². The smallest absolute Gasteiger partial charge is 0.254 e. The summed E-state index contributed by atoms with van der Waals surface area (Å²) in [6, 6.07) is 5.12. The fourth-order valence-corrected chi connectivity index (χ4v) is 3.79. The maximum atomic E-state index is 12.5. The van der Waals surface area contributed by atoms with Gasteiger partial charge in [-0.15, -0.1) is 0 Å². The molecule has 1 aromatic rings. The van der Waals surface area contributed by atoms with Crippen molar-refractivity contribution in [1.29, 1.82) is 0 Å². The molecular weight excluding hydrogens is 250 g/mol. The summed E-state index contributed by atoms with van der Waals surface area (Å²) in [6.07, 6.45) is 7.72. The molecule has 108 valence electrons. The number of rotatable bonds is 1. The van der Waals surface area contributed by atoms with Gasteiger partial charge in [0.2, 0.25) is 0 Å². The van der Waals surface area contributed by atoms with Crippen molar-refractivity contribution >= 4 is 17.3 Å². The Labute approximate surface area is 120 Å². The molecule has 2 aliphatic rings. The summed E-state index contributed by atoms with van der Waals surface area (Å²) in [4.78, 5) is 14.5. The lowest BCUT2D eigenvalue weighted by molar-refractivity contribution is 0.0587. The van der Waals surface area contributed by atoms with Crippen LogP contribution in [0.2, 0.25) is 0 Å². The molecule has 1 heterocycles. The molecule has 0 radical (unpaired) electrons. The van der Waals surface area contributed by atoms with Crippen LogP contribution in [-0.2, 0) is 0 Å². The molecule has 1 saturated heterocycles. The Morgan fingerprint density at radius 3 is 2.05 bits per heavy atom. The topological polar surface area (TPSA) is 72.3 Å². The van der Waals surface area contributed by atoms with Crippen LogP contribution in [0.1, 0.15) is 48.9 Å². The zero-order valence-electron chi connectivity index (χ0n) is 11.9. The van der Waals surface area contributed by atoms with Gasteiger partial charge in [0.05, 0.1) is 0 Å². The van der Waals surface area contributed by atoms with Crippen LogP contribution in [0, 0.1) is 5.41 Å². The van der Waals surface area contributed by atoms with E-state index in [-0.39, 0.29) is 5.91 Å². The maximum Gasteiger partial charge on any atom is 0.254 e. The Morgan fingerprint density at radius 2 is 1.50 bits per heavy atom. The van der Waals surface area contributed by atoms with Crippen LogP contribution >= 0.6 is 0 Å². The molecule has 1 spiro atoms. The van der Waals surface area contributed by atoms with Gasteiger partial charge in [-0.1, -0.05) is 12.8 Å². The molecule has 0 unspecified atom stereocenters. The summed E-state index contributed by atoms with van der Waals surface area (Å²) in [6.45, 7) is 1.74. The van der Waals surface area contributed by atoms with Gasteiger partial charge < -0.3 is 16.4 Å². The van der Waals surface area contributed by atoms with Gasteiger partial charge in [-0.25, -0.2) is 0 Å². The van der Waals surface area contributed by atoms with E-state index in [9.17, 15) is 4.79 Å². The zero-order chi connectivity index (χ0) is 14.2. The highest BCUT2D eigenvalue weighted by atomic mass is 16.2. The van der Waals surface area contributed by atoms with Crippen molar-refractivity contribution in [3.8, 4) is 0 Å². The molecule has 4 N–H and O–H groups in total. The molecule has 3 rings (SSSR count). The van der Waals surface area contributed by atoms with Crippen LogP contribution in [0.15, 0.2) is 18.2 Å². The van der Waals surface area contributed by atoms with Crippen molar-refractivity contribution < 1.29 is 4.79 Å². The first-order chi connectivity index (χ1) is 9.58. The van der Waals surface area contributed by atoms with E-state index in [1.165, 1.54) is 25.7 Å². The number of piperidine rings is 1. The normalized spacial score (nSPS) is 21.3. The van der Waals surface area contributed by atoms with Crippen molar-refractivity contribution in [3.05, 3.63) is 23.8 Å². The highest BCUT2D eigenvalue weighted by Gasteiger charge is 2.38. The summed E-state index contributed by atoms with van der Waals surface area (Å²) in [7, 11) is 0. The number of anilines is 2.